The smallest absolute Gasteiger partial charge is 0.318 e. The number of piperazine rings is 1. The van der Waals surface area contributed by atoms with E-state index >= 15 is 0 Å². The van der Waals surface area contributed by atoms with E-state index in [0.29, 0.717) is 24.2 Å². The number of piperidine rings is 1. The minimum Gasteiger partial charge on any atom is -0.327 e. The van der Waals surface area contributed by atoms with Crippen LogP contribution in [0.1, 0.15) is 42.9 Å². The van der Waals surface area contributed by atoms with Gasteiger partial charge in [0.1, 0.15) is 11.6 Å². The van der Waals surface area contributed by atoms with Crippen LogP contribution in [-0.4, -0.2) is 73.1 Å². The van der Waals surface area contributed by atoms with Crippen molar-refractivity contribution in [2.24, 2.45) is 0 Å². The highest BCUT2D eigenvalue weighted by molar-refractivity contribution is 5.75. The Bertz CT molecular complexity index is 865. The van der Waals surface area contributed by atoms with Crippen LogP contribution in [0, 0.1) is 11.6 Å². The molecule has 0 saturated carbocycles. The van der Waals surface area contributed by atoms with Gasteiger partial charge in [-0.3, -0.25) is 4.90 Å². The number of carbonyl (C=O) groups is 1. The summed E-state index contributed by atoms with van der Waals surface area (Å²) >= 11 is 0. The molecule has 0 bridgehead atoms. The molecular weight excluding hydrogens is 422 g/mol. The van der Waals surface area contributed by atoms with Crippen LogP contribution in [0.2, 0.25) is 0 Å². The number of urea groups is 1. The van der Waals surface area contributed by atoms with Crippen molar-refractivity contribution in [3.63, 3.8) is 0 Å². The highest BCUT2D eigenvalue weighted by Gasteiger charge is 2.25. The van der Waals surface area contributed by atoms with Crippen molar-refractivity contribution >= 4 is 6.03 Å². The molecule has 0 aliphatic carbocycles. The molecule has 0 atom stereocenters. The first-order valence-corrected chi connectivity index (χ1v) is 12.1. The molecule has 0 radical (unpaired) electrons. The molecule has 2 aromatic rings. The van der Waals surface area contributed by atoms with E-state index in [2.05, 4.69) is 15.1 Å². The van der Waals surface area contributed by atoms with E-state index in [0.717, 1.165) is 32.6 Å². The van der Waals surface area contributed by atoms with E-state index in [1.807, 2.05) is 0 Å². The molecule has 7 heteroatoms. The third-order valence-corrected chi connectivity index (χ3v) is 6.69. The number of halogens is 2. The van der Waals surface area contributed by atoms with Crippen LogP contribution in [0.5, 0.6) is 0 Å². The maximum atomic E-state index is 13.9. The summed E-state index contributed by atoms with van der Waals surface area (Å²) in [6.07, 6.45) is 5.16. The highest BCUT2D eigenvalue weighted by Crippen LogP contribution is 2.24. The van der Waals surface area contributed by atoms with Gasteiger partial charge in [0, 0.05) is 26.2 Å². The number of nitrogens with one attached hydrogen (secondary N) is 1. The van der Waals surface area contributed by atoms with Gasteiger partial charge in [0.2, 0.25) is 0 Å². The van der Waals surface area contributed by atoms with Crippen LogP contribution in [0.25, 0.3) is 0 Å². The normalized spacial score (nSPS) is 18.0. The number of benzene rings is 2. The Morgan fingerprint density at radius 2 is 1.33 bits per heavy atom. The quantitative estimate of drug-likeness (QED) is 0.677. The maximum Gasteiger partial charge on any atom is 0.318 e. The molecule has 1 N–H and O–H groups in total. The molecule has 2 aliphatic heterocycles. The Kier molecular flexibility index (Phi) is 8.29. The molecule has 4 rings (SSSR count). The van der Waals surface area contributed by atoms with E-state index in [9.17, 15) is 13.6 Å². The predicted octanol–water partition coefficient (Wildman–Crippen LogP) is 4.26. The van der Waals surface area contributed by atoms with Gasteiger partial charge < -0.3 is 15.1 Å². The predicted molar refractivity (Wildman–Crippen MR) is 126 cm³/mol. The lowest BCUT2D eigenvalue weighted by Gasteiger charge is -2.36. The van der Waals surface area contributed by atoms with Crippen LogP contribution >= 0.6 is 0 Å². The van der Waals surface area contributed by atoms with E-state index in [-0.39, 0.29) is 17.7 Å². The van der Waals surface area contributed by atoms with Gasteiger partial charge in [-0.1, -0.05) is 30.7 Å². The van der Waals surface area contributed by atoms with E-state index in [1.54, 1.807) is 29.2 Å². The fourth-order valence-corrected chi connectivity index (χ4v) is 4.82. The summed E-state index contributed by atoms with van der Waals surface area (Å²) in [6, 6.07) is 11.4. The van der Waals surface area contributed by atoms with E-state index < -0.39 is 6.04 Å². The minimum atomic E-state index is -0.619. The third-order valence-electron chi connectivity index (χ3n) is 6.69. The van der Waals surface area contributed by atoms with Crippen molar-refractivity contribution in [2.75, 3.05) is 52.4 Å². The molecule has 2 aromatic carbocycles. The largest absolute Gasteiger partial charge is 0.327 e. The summed E-state index contributed by atoms with van der Waals surface area (Å²) in [7, 11) is 0. The Morgan fingerprint density at radius 3 is 1.88 bits per heavy atom. The molecular formula is C26H34F2N4O. The first kappa shape index (κ1) is 23.6. The Hall–Kier alpha value is -2.51. The van der Waals surface area contributed by atoms with Crippen LogP contribution in [0.3, 0.4) is 0 Å². The summed E-state index contributed by atoms with van der Waals surface area (Å²) < 4.78 is 27.7. The number of carbonyl (C=O) groups excluding carboxylic acids is 1. The fraction of sp³-hybridized carbons (Fsp3) is 0.500. The topological polar surface area (TPSA) is 38.8 Å². The first-order valence-electron chi connectivity index (χ1n) is 12.1. The molecule has 2 saturated heterocycles. The van der Waals surface area contributed by atoms with Crippen molar-refractivity contribution in [3.8, 4) is 0 Å². The molecule has 33 heavy (non-hydrogen) atoms. The van der Waals surface area contributed by atoms with Crippen LogP contribution in [0.4, 0.5) is 13.6 Å². The Labute approximate surface area is 195 Å². The second-order valence-corrected chi connectivity index (χ2v) is 9.08. The van der Waals surface area contributed by atoms with Gasteiger partial charge in [0.25, 0.3) is 0 Å². The van der Waals surface area contributed by atoms with Crippen molar-refractivity contribution < 1.29 is 13.6 Å². The molecule has 0 spiro atoms. The van der Waals surface area contributed by atoms with Crippen LogP contribution < -0.4 is 5.32 Å². The number of amides is 2. The van der Waals surface area contributed by atoms with E-state index in [1.165, 1.54) is 56.6 Å². The highest BCUT2D eigenvalue weighted by atomic mass is 19.1. The van der Waals surface area contributed by atoms with Gasteiger partial charge in [-0.05, 0) is 80.8 Å². The molecule has 2 fully saturated rings. The minimum absolute atomic E-state index is 0.207. The number of likely N-dealkylation sites (tertiary alicyclic amines) is 1. The summed E-state index contributed by atoms with van der Waals surface area (Å²) in [5.74, 6) is -0.775. The van der Waals surface area contributed by atoms with Gasteiger partial charge in [0.05, 0.1) is 6.04 Å². The molecule has 5 nitrogen and oxygen atoms in total. The zero-order chi connectivity index (χ0) is 23.0. The van der Waals surface area contributed by atoms with Gasteiger partial charge in [-0.15, -0.1) is 0 Å². The molecule has 2 amide bonds. The lowest BCUT2D eigenvalue weighted by atomic mass is 9.98. The van der Waals surface area contributed by atoms with E-state index in [4.69, 9.17) is 0 Å². The molecule has 0 aromatic heterocycles. The van der Waals surface area contributed by atoms with Crippen molar-refractivity contribution in [2.45, 2.75) is 31.7 Å². The van der Waals surface area contributed by atoms with Crippen molar-refractivity contribution in [1.82, 2.24) is 20.0 Å². The van der Waals surface area contributed by atoms with Gasteiger partial charge in [0.15, 0.2) is 0 Å². The summed E-state index contributed by atoms with van der Waals surface area (Å²) in [5, 5.41) is 3.00. The van der Waals surface area contributed by atoms with Gasteiger partial charge in [-0.25, -0.2) is 13.6 Å². The average molecular weight is 457 g/mol. The summed E-state index contributed by atoms with van der Waals surface area (Å²) in [5.41, 5.74) is 1.18. The number of hydrogen-bond acceptors (Lipinski definition) is 3. The van der Waals surface area contributed by atoms with Crippen molar-refractivity contribution in [3.05, 3.63) is 71.3 Å². The molecule has 2 heterocycles. The first-order chi connectivity index (χ1) is 16.1. The third kappa shape index (κ3) is 6.74. The molecule has 2 aliphatic rings. The standard InChI is InChI=1S/C26H34F2N4O/c27-23-9-4-7-21(19-23)25(22-8-5-10-24(28)20-22)29-26(33)32-17-15-31(16-18-32)14-6-13-30-11-2-1-3-12-30/h4-5,7-10,19-20,25H,1-3,6,11-18H2,(H,29,33). The molecule has 0 unspecified atom stereocenters. The lowest BCUT2D eigenvalue weighted by Crippen LogP contribution is -2.52. The fourth-order valence-electron chi connectivity index (χ4n) is 4.82. The van der Waals surface area contributed by atoms with Gasteiger partial charge >= 0.3 is 6.03 Å². The summed E-state index contributed by atoms with van der Waals surface area (Å²) in [4.78, 5) is 19.8. The zero-order valence-corrected chi connectivity index (χ0v) is 19.2. The second-order valence-electron chi connectivity index (χ2n) is 9.08. The second kappa shape index (κ2) is 11.6. The lowest BCUT2D eigenvalue weighted by molar-refractivity contribution is 0.131. The maximum absolute atomic E-state index is 13.9. The Morgan fingerprint density at radius 1 is 0.788 bits per heavy atom. The SMILES string of the molecule is O=C(NC(c1cccc(F)c1)c1cccc(F)c1)N1CCN(CCCN2CCCCC2)CC1. The number of nitrogens with zero attached hydrogens (tertiary/aromatic N) is 3. The Balaban J connectivity index is 1.31. The summed E-state index contributed by atoms with van der Waals surface area (Å²) in [6.45, 7) is 7.65. The average Bonchev–Trinajstić information content (AvgIpc) is 2.83. The van der Waals surface area contributed by atoms with Crippen LogP contribution in [0.15, 0.2) is 48.5 Å². The number of rotatable bonds is 7. The van der Waals surface area contributed by atoms with Crippen LogP contribution in [-0.2, 0) is 0 Å². The monoisotopic (exact) mass is 456 g/mol. The van der Waals surface area contributed by atoms with Crippen molar-refractivity contribution in [1.29, 1.82) is 0 Å². The number of hydrogen-bond donors (Lipinski definition) is 1. The van der Waals surface area contributed by atoms with Gasteiger partial charge in [-0.2, -0.15) is 0 Å². The molecule has 178 valence electrons. The zero-order valence-electron chi connectivity index (χ0n) is 19.2.